The van der Waals surface area contributed by atoms with Gasteiger partial charge in [0.2, 0.25) is 0 Å². The Morgan fingerprint density at radius 1 is 0.208 bits per heavy atom. The lowest BCUT2D eigenvalue weighted by molar-refractivity contribution is 1.09. The minimum Gasteiger partial charge on any atom is -0.268 e. The van der Waals surface area contributed by atoms with Crippen molar-refractivity contribution in [1.29, 1.82) is 0 Å². The molecule has 25 rings (SSSR count). The van der Waals surface area contributed by atoms with Crippen molar-refractivity contribution in [3.8, 4) is 0 Å². The van der Waals surface area contributed by atoms with Gasteiger partial charge >= 0.3 is 0 Å². The van der Waals surface area contributed by atoms with E-state index in [2.05, 4.69) is 124 Å². The fraction of sp³-hybridized carbons (Fsp3) is 0.229. The first-order valence-corrected chi connectivity index (χ1v) is 45.6. The lowest BCUT2D eigenvalue weighted by atomic mass is 10.0. The smallest absolute Gasteiger partial charge is 0.266 e. The summed E-state index contributed by atoms with van der Waals surface area (Å²) in [6, 6.07) is 70.2. The van der Waals surface area contributed by atoms with Crippen LogP contribution in [0.25, 0.3) is 192 Å². The highest BCUT2D eigenvalue weighted by Gasteiger charge is 2.22. The van der Waals surface area contributed by atoms with E-state index in [0.29, 0.717) is 61.6 Å². The van der Waals surface area contributed by atoms with Crippen LogP contribution in [-0.4, -0.2) is 76.8 Å². The minimum absolute atomic E-state index is 0.0250. The summed E-state index contributed by atoms with van der Waals surface area (Å²) in [5.41, 5.74) is 9.91. The minimum atomic E-state index is -0.0997. The lowest BCUT2D eigenvalue weighted by Gasteiger charge is -2.06. The molecule has 21 heteroatoms. The van der Waals surface area contributed by atoms with Gasteiger partial charge in [-0.05, 0) is 93.7 Å². The van der Waals surface area contributed by atoms with Gasteiger partial charge in [0.15, 0.2) is 33.9 Å². The molecule has 0 amide bonds. The molecule has 0 unspecified atom stereocenters. The van der Waals surface area contributed by atoms with E-state index in [9.17, 15) is 24.0 Å². The third-order valence-corrected chi connectivity index (χ3v) is 20.0. The summed E-state index contributed by atoms with van der Waals surface area (Å²) >= 11 is 0. The molecule has 0 spiro atoms. The van der Waals surface area contributed by atoms with Crippen LogP contribution in [-0.2, 0) is 0 Å². The normalized spacial score (nSPS) is 10.6. The van der Waals surface area contributed by atoms with Crippen LogP contribution in [0.15, 0.2) is 292 Å². The molecule has 25 aromatic rings. The number of imidazole rings is 5. The molecule has 0 N–H and O–H groups in total. The maximum Gasteiger partial charge on any atom is 0.266 e. The van der Waals surface area contributed by atoms with Crippen molar-refractivity contribution in [3.05, 3.63) is 320 Å². The summed E-state index contributed by atoms with van der Waals surface area (Å²) in [5.74, 6) is 0. The number of aromatic nitrogens is 16. The van der Waals surface area contributed by atoms with E-state index in [1.165, 1.54) is 32.1 Å². The van der Waals surface area contributed by atoms with E-state index >= 15 is 0 Å². The van der Waals surface area contributed by atoms with Gasteiger partial charge < -0.3 is 0 Å². The molecule has 15 aromatic heterocycles. The van der Waals surface area contributed by atoms with E-state index in [-0.39, 0.29) is 27.8 Å². The van der Waals surface area contributed by atoms with Crippen LogP contribution in [0.1, 0.15) is 171 Å². The molecule has 21 nitrogen and oxygen atoms in total. The van der Waals surface area contributed by atoms with E-state index in [0.717, 1.165) is 130 Å². The number of hydrogen-bond donors (Lipinski definition) is 0. The molecule has 0 atom stereocenters. The Labute approximate surface area is 754 Å². The first kappa shape index (κ1) is 95.5. The second-order valence-corrected chi connectivity index (χ2v) is 29.1. The Bertz CT molecular complexity index is 7240. The van der Waals surface area contributed by atoms with Gasteiger partial charge in [-0.2, -0.15) is 0 Å². The van der Waals surface area contributed by atoms with Crippen molar-refractivity contribution in [2.45, 2.75) is 171 Å². The monoisotopic (exact) mass is 1730 g/mol. The van der Waals surface area contributed by atoms with Gasteiger partial charge in [0, 0.05) is 118 Å². The quantitative estimate of drug-likeness (QED) is 0.137. The van der Waals surface area contributed by atoms with Gasteiger partial charge in [-0.3, -0.25) is 47.1 Å². The molecule has 0 aliphatic heterocycles. The molecular weight excluding hydrogens is 1610 g/mol. The largest absolute Gasteiger partial charge is 0.268 e. The SMILES string of the molecule is CC.CC.CC.CC.CC.CCC.CCC.CCC.CCC.CCC.O=c1c2cccc3cccc(c32)c2nc3cccnc3n12.O=c1c2cccc3cccc(c32)c2nc3ccncc3n12.O=c1c2cccc3cccc(c32)c2nc3cnccc3n12.O=c1c2cccc3cccc(c32)c2nc3ncccc3n12.O=c1c2cccc3cccc(c32)c2nc3nccnc3n12. The molecule has 0 aliphatic carbocycles. The highest BCUT2D eigenvalue weighted by molar-refractivity contribution is 6.20. The molecular formula is C109H114N16O5. The molecule has 0 fully saturated rings. The summed E-state index contributed by atoms with van der Waals surface area (Å²) < 4.78 is 8.19. The number of pyridine rings is 9. The number of fused-ring (bicyclic) bond motifs is 20. The van der Waals surface area contributed by atoms with Crippen LogP contribution in [0.3, 0.4) is 0 Å². The molecule has 0 aliphatic rings. The van der Waals surface area contributed by atoms with Crippen LogP contribution >= 0.6 is 0 Å². The summed E-state index contributed by atoms with van der Waals surface area (Å²) in [5, 5.41) is 18.7. The molecule has 0 saturated carbocycles. The van der Waals surface area contributed by atoms with Gasteiger partial charge in [-0.25, -0.2) is 53.7 Å². The third-order valence-electron chi connectivity index (χ3n) is 20.0. The van der Waals surface area contributed by atoms with Crippen molar-refractivity contribution >= 4 is 192 Å². The fourth-order valence-corrected chi connectivity index (χ4v) is 15.5. The zero-order valence-corrected chi connectivity index (χ0v) is 78.1. The van der Waals surface area contributed by atoms with E-state index < -0.39 is 0 Å². The molecule has 0 saturated heterocycles. The van der Waals surface area contributed by atoms with Crippen LogP contribution in [0.5, 0.6) is 0 Å². The summed E-state index contributed by atoms with van der Waals surface area (Å²) in [7, 11) is 0. The summed E-state index contributed by atoms with van der Waals surface area (Å²) in [6.07, 6.45) is 19.6. The molecule has 0 bridgehead atoms. The Balaban J connectivity index is 0.000000148. The number of rotatable bonds is 0. The van der Waals surface area contributed by atoms with Crippen LogP contribution in [0, 0.1) is 0 Å². The standard InChI is InChI=1S/4C17H9N3O.C16H8N4O.5C3H8.5C2H6/c21-17-12-7-2-5-10-4-1-6-11(14(10)12)16-19-15-13(20(16)17)8-3-9-18-15;21-17-12-7-2-5-10-4-1-6-11(14(10)12)15-19-13-8-3-9-18-16(13)20(15)17;21-17-12-6-2-4-10-3-1-5-11(15(10)12)16-19-13-9-18-8-7-14(13)20(16)17;21-17-12-6-2-4-10-3-1-5-11(15(10)12)16-19-13-7-8-18-9-14(13)20(16)17;21-16-11-6-2-4-9-3-1-5-10(12(9)11)14-19-13-15(20(14)16)18-8-7-17-13;5*1-3-2;5*1-2/h4*1-9H;1-8H;5*3H2,1-2H3;5*1-2H3. The average Bonchev–Trinajstić information content (AvgIpc) is 1.56. The van der Waals surface area contributed by atoms with Gasteiger partial charge in [0.1, 0.15) is 28.0 Å². The van der Waals surface area contributed by atoms with Crippen molar-refractivity contribution in [2.24, 2.45) is 0 Å². The van der Waals surface area contributed by atoms with E-state index in [4.69, 9.17) is 0 Å². The highest BCUT2D eigenvalue weighted by atomic mass is 16.1. The molecule has 660 valence electrons. The first-order chi connectivity index (χ1) is 63.8. The lowest BCUT2D eigenvalue weighted by Crippen LogP contribution is -2.13. The third kappa shape index (κ3) is 18.0. The van der Waals surface area contributed by atoms with Crippen molar-refractivity contribution in [3.63, 3.8) is 0 Å². The average molecular weight is 1730 g/mol. The molecule has 130 heavy (non-hydrogen) atoms. The second-order valence-electron chi connectivity index (χ2n) is 29.1. The van der Waals surface area contributed by atoms with Crippen LogP contribution in [0.4, 0.5) is 0 Å². The second kappa shape index (κ2) is 44.8. The van der Waals surface area contributed by atoms with Gasteiger partial charge in [0.05, 0.1) is 34.5 Å². The van der Waals surface area contributed by atoms with Crippen molar-refractivity contribution in [1.82, 2.24) is 76.8 Å². The fourth-order valence-electron chi connectivity index (χ4n) is 15.5. The van der Waals surface area contributed by atoms with Gasteiger partial charge in [-0.1, -0.05) is 322 Å². The van der Waals surface area contributed by atoms with Crippen LogP contribution < -0.4 is 27.8 Å². The Hall–Kier alpha value is -15.1. The van der Waals surface area contributed by atoms with Crippen molar-refractivity contribution < 1.29 is 0 Å². The number of hydrogen-bond acceptors (Lipinski definition) is 16. The molecule has 0 radical (unpaired) electrons. The number of benzene rings is 10. The Morgan fingerprint density at radius 3 is 0.900 bits per heavy atom. The van der Waals surface area contributed by atoms with E-state index in [1.54, 1.807) is 71.6 Å². The first-order valence-electron chi connectivity index (χ1n) is 45.6. The zero-order valence-electron chi connectivity index (χ0n) is 78.1. The predicted octanol–water partition coefficient (Wildman–Crippen LogP) is 26.5. The number of nitrogens with zero attached hydrogens (tertiary/aromatic N) is 16. The highest BCUT2D eigenvalue weighted by Crippen LogP contribution is 2.35. The van der Waals surface area contributed by atoms with Crippen LogP contribution in [0.2, 0.25) is 0 Å². The topological polar surface area (TPSA) is 249 Å². The summed E-state index contributed by atoms with van der Waals surface area (Å²) in [4.78, 5) is 112. The zero-order chi connectivity index (χ0) is 93.4. The Morgan fingerprint density at radius 2 is 0.485 bits per heavy atom. The van der Waals surface area contributed by atoms with E-state index in [1.807, 2.05) is 288 Å². The Kier molecular flexibility index (Phi) is 33.0. The predicted molar refractivity (Wildman–Crippen MR) is 549 cm³/mol. The molecule has 15 heterocycles. The van der Waals surface area contributed by atoms with Gasteiger partial charge in [0.25, 0.3) is 27.8 Å². The maximum absolute atomic E-state index is 12.9. The summed E-state index contributed by atoms with van der Waals surface area (Å²) in [6.45, 7) is 41.2. The molecule has 10 aromatic carbocycles. The van der Waals surface area contributed by atoms with Gasteiger partial charge in [-0.15, -0.1) is 0 Å². The van der Waals surface area contributed by atoms with Crippen molar-refractivity contribution in [2.75, 3.05) is 0 Å². The maximum atomic E-state index is 12.9.